The fraction of sp³-hybridized carbons (Fsp3) is 0. The van der Waals surface area contributed by atoms with E-state index in [-0.39, 0.29) is 37.7 Å². The Bertz CT molecular complexity index is 281. The van der Waals surface area contributed by atoms with Crippen LogP contribution in [-0.2, 0) is 0 Å². The fourth-order valence-electron chi connectivity index (χ4n) is 1.02. The predicted octanol–water partition coefficient (Wildman–Crippen LogP) is 1.85. The van der Waals surface area contributed by atoms with E-state index in [0.29, 0.717) is 0 Å². The molecule has 1 aromatic carbocycles. The predicted molar refractivity (Wildman–Crippen MR) is 47.5 cm³/mol. The van der Waals surface area contributed by atoms with E-state index in [1.165, 1.54) is 5.39 Å². The minimum atomic E-state index is 0. The van der Waals surface area contributed by atoms with Crippen LogP contribution in [0.2, 0.25) is 0 Å². The smallest absolute Gasteiger partial charge is 0.0701 e. The molecular weight excluding hydrogens is 162 g/mol. The van der Waals surface area contributed by atoms with Gasteiger partial charge in [0.05, 0.1) is 5.52 Å². The Morgan fingerprint density at radius 2 is 1.64 bits per heavy atom. The van der Waals surface area contributed by atoms with Crippen molar-refractivity contribution in [3.05, 3.63) is 42.6 Å². The Balaban J connectivity index is 0.000000605. The van der Waals surface area contributed by atoms with Gasteiger partial charge in [-0.2, -0.15) is 0 Å². The standard InChI is InChI=1S/C9H7N.Ca/c1-2-6-9-8(4-1)5-3-7-10-9;/h1-7H;. The van der Waals surface area contributed by atoms with Crippen LogP contribution in [0.25, 0.3) is 10.9 Å². The number of nitrogens with zero attached hydrogens (tertiary/aromatic N) is 1. The number of pyridine rings is 1. The number of fused-ring (bicyclic) bond motifs is 1. The van der Waals surface area contributed by atoms with Crippen molar-refractivity contribution in [1.29, 1.82) is 0 Å². The fourth-order valence-corrected chi connectivity index (χ4v) is 1.02. The molecule has 50 valence electrons. The van der Waals surface area contributed by atoms with Gasteiger partial charge in [0.1, 0.15) is 0 Å². The molecule has 0 atom stereocenters. The van der Waals surface area contributed by atoms with Crippen molar-refractivity contribution in [2.45, 2.75) is 0 Å². The van der Waals surface area contributed by atoms with E-state index >= 15 is 0 Å². The second-order valence-corrected chi connectivity index (χ2v) is 2.20. The van der Waals surface area contributed by atoms with Crippen LogP contribution in [0.4, 0.5) is 0 Å². The Labute approximate surface area is 95.4 Å². The van der Waals surface area contributed by atoms with E-state index < -0.39 is 0 Å². The molecule has 0 spiro atoms. The molecule has 2 rings (SSSR count). The first-order valence-corrected chi connectivity index (χ1v) is 3.26. The van der Waals surface area contributed by atoms with Crippen molar-refractivity contribution >= 4 is 48.6 Å². The topological polar surface area (TPSA) is 12.9 Å². The van der Waals surface area contributed by atoms with E-state index in [9.17, 15) is 0 Å². The molecular formula is C9H7CaN. The van der Waals surface area contributed by atoms with Gasteiger partial charge in [0.25, 0.3) is 0 Å². The molecule has 2 heteroatoms. The summed E-state index contributed by atoms with van der Waals surface area (Å²) in [6, 6.07) is 12.1. The molecule has 0 aliphatic rings. The van der Waals surface area contributed by atoms with Gasteiger partial charge in [0.2, 0.25) is 0 Å². The van der Waals surface area contributed by atoms with Gasteiger partial charge in [0.15, 0.2) is 0 Å². The summed E-state index contributed by atoms with van der Waals surface area (Å²) in [7, 11) is 0. The summed E-state index contributed by atoms with van der Waals surface area (Å²) in [6.45, 7) is 0. The third kappa shape index (κ3) is 1.92. The van der Waals surface area contributed by atoms with Gasteiger partial charge in [-0.1, -0.05) is 24.3 Å². The summed E-state index contributed by atoms with van der Waals surface area (Å²) in [4.78, 5) is 4.18. The number of para-hydroxylation sites is 1. The third-order valence-corrected chi connectivity index (χ3v) is 1.51. The van der Waals surface area contributed by atoms with Crippen LogP contribution < -0.4 is 0 Å². The van der Waals surface area contributed by atoms with Crippen molar-refractivity contribution < 1.29 is 0 Å². The quantitative estimate of drug-likeness (QED) is 0.548. The summed E-state index contributed by atoms with van der Waals surface area (Å²) in [5.41, 5.74) is 1.06. The van der Waals surface area contributed by atoms with Gasteiger partial charge in [-0.3, -0.25) is 4.98 Å². The van der Waals surface area contributed by atoms with Gasteiger partial charge in [0, 0.05) is 49.3 Å². The zero-order chi connectivity index (χ0) is 6.81. The third-order valence-electron chi connectivity index (χ3n) is 1.51. The number of benzene rings is 1. The maximum Gasteiger partial charge on any atom is 0.0701 e. The molecule has 0 aliphatic heterocycles. The first-order valence-electron chi connectivity index (χ1n) is 3.26. The van der Waals surface area contributed by atoms with Gasteiger partial charge >= 0.3 is 0 Å². The molecule has 0 fully saturated rings. The summed E-state index contributed by atoms with van der Waals surface area (Å²) in [5, 5.41) is 1.20. The first-order chi connectivity index (χ1) is 4.97. The molecule has 2 aromatic rings. The zero-order valence-electron chi connectivity index (χ0n) is 6.20. The maximum atomic E-state index is 4.18. The number of hydrogen-bond donors (Lipinski definition) is 0. The summed E-state index contributed by atoms with van der Waals surface area (Å²) >= 11 is 0. The molecule has 1 nitrogen and oxygen atoms in total. The van der Waals surface area contributed by atoms with E-state index in [1.54, 1.807) is 0 Å². The molecule has 0 saturated heterocycles. The summed E-state index contributed by atoms with van der Waals surface area (Å²) in [6.07, 6.45) is 1.81. The van der Waals surface area contributed by atoms with Gasteiger partial charge < -0.3 is 0 Å². The second-order valence-electron chi connectivity index (χ2n) is 2.20. The molecule has 0 bridgehead atoms. The molecule has 0 aliphatic carbocycles. The van der Waals surface area contributed by atoms with Crippen LogP contribution in [0.3, 0.4) is 0 Å². The molecule has 0 saturated carbocycles. The minimum Gasteiger partial charge on any atom is -0.256 e. The number of hydrogen-bond acceptors (Lipinski definition) is 1. The van der Waals surface area contributed by atoms with Crippen LogP contribution >= 0.6 is 0 Å². The van der Waals surface area contributed by atoms with Crippen LogP contribution in [0.15, 0.2) is 42.6 Å². The van der Waals surface area contributed by atoms with Gasteiger partial charge in [-0.25, -0.2) is 0 Å². The molecule has 2 radical (unpaired) electrons. The zero-order valence-corrected chi connectivity index (χ0v) is 8.40. The van der Waals surface area contributed by atoms with Crippen LogP contribution in [0.5, 0.6) is 0 Å². The molecule has 0 unspecified atom stereocenters. The Morgan fingerprint density at radius 1 is 0.909 bits per heavy atom. The summed E-state index contributed by atoms with van der Waals surface area (Å²) < 4.78 is 0. The van der Waals surface area contributed by atoms with E-state index in [4.69, 9.17) is 0 Å². The van der Waals surface area contributed by atoms with Crippen molar-refractivity contribution in [3.8, 4) is 0 Å². The Hall–Kier alpha value is -0.110. The first kappa shape index (κ1) is 8.98. The Kier molecular flexibility index (Phi) is 3.31. The average molecular weight is 169 g/mol. The molecule has 0 amide bonds. The minimum absolute atomic E-state index is 0. The second kappa shape index (κ2) is 4.05. The Morgan fingerprint density at radius 3 is 2.45 bits per heavy atom. The largest absolute Gasteiger partial charge is 0.256 e. The molecule has 0 N–H and O–H groups in total. The monoisotopic (exact) mass is 169 g/mol. The number of aromatic nitrogens is 1. The van der Waals surface area contributed by atoms with Crippen molar-refractivity contribution in [2.24, 2.45) is 0 Å². The van der Waals surface area contributed by atoms with E-state index in [1.807, 2.05) is 30.5 Å². The normalized spacial score (nSPS) is 9.09. The number of rotatable bonds is 0. The van der Waals surface area contributed by atoms with E-state index in [2.05, 4.69) is 17.1 Å². The van der Waals surface area contributed by atoms with Crippen molar-refractivity contribution in [3.63, 3.8) is 0 Å². The van der Waals surface area contributed by atoms with Crippen molar-refractivity contribution in [1.82, 2.24) is 4.98 Å². The maximum absolute atomic E-state index is 4.18. The average Bonchev–Trinajstić information content (AvgIpc) is 2.05. The van der Waals surface area contributed by atoms with Gasteiger partial charge in [-0.15, -0.1) is 0 Å². The SMILES string of the molecule is [Ca].c1ccc2ncccc2c1. The van der Waals surface area contributed by atoms with E-state index in [0.717, 1.165) is 5.52 Å². The van der Waals surface area contributed by atoms with Crippen LogP contribution in [0.1, 0.15) is 0 Å². The van der Waals surface area contributed by atoms with Crippen molar-refractivity contribution in [2.75, 3.05) is 0 Å². The molecule has 1 aromatic heterocycles. The van der Waals surface area contributed by atoms with Gasteiger partial charge in [-0.05, 0) is 12.1 Å². The van der Waals surface area contributed by atoms with Crippen LogP contribution in [0, 0.1) is 0 Å². The summed E-state index contributed by atoms with van der Waals surface area (Å²) in [5.74, 6) is 0. The van der Waals surface area contributed by atoms with Crippen LogP contribution in [-0.4, -0.2) is 42.7 Å². The molecule has 11 heavy (non-hydrogen) atoms. The molecule has 1 heterocycles.